The van der Waals surface area contributed by atoms with E-state index in [0.29, 0.717) is 18.4 Å². The predicted molar refractivity (Wildman–Crippen MR) is 103 cm³/mol. The first kappa shape index (κ1) is 17.0. The van der Waals surface area contributed by atoms with E-state index in [4.69, 9.17) is 0 Å². The standard InChI is InChI=1S/C20H21N3O2S/c24-18(8-11-22-14-21-19-17(20(22)25)9-12-26-19)23-10-4-7-16(23)13-15-5-2-1-3-6-15/h1-3,5-6,9,12,14,16H,4,7-8,10-11,13H2/t16-/m0/s1. The molecule has 1 amide bonds. The molecule has 0 unspecified atom stereocenters. The summed E-state index contributed by atoms with van der Waals surface area (Å²) < 4.78 is 1.55. The van der Waals surface area contributed by atoms with Crippen LogP contribution in [0, 0.1) is 0 Å². The number of fused-ring (bicyclic) bond motifs is 1. The molecule has 0 spiro atoms. The fourth-order valence-corrected chi connectivity index (χ4v) is 4.40. The summed E-state index contributed by atoms with van der Waals surface area (Å²) in [6, 6.07) is 12.4. The third-order valence-electron chi connectivity index (χ3n) is 5.03. The molecule has 0 N–H and O–H groups in total. The molecule has 3 heterocycles. The van der Waals surface area contributed by atoms with Crippen LogP contribution in [0.25, 0.3) is 10.2 Å². The third-order valence-corrected chi connectivity index (χ3v) is 5.85. The van der Waals surface area contributed by atoms with Gasteiger partial charge in [0.15, 0.2) is 0 Å². The van der Waals surface area contributed by atoms with Gasteiger partial charge in [0.2, 0.25) is 5.91 Å². The van der Waals surface area contributed by atoms with Gasteiger partial charge in [-0.1, -0.05) is 30.3 Å². The van der Waals surface area contributed by atoms with Crippen LogP contribution in [0.15, 0.2) is 52.9 Å². The van der Waals surface area contributed by atoms with Gasteiger partial charge in [-0.05, 0) is 36.3 Å². The Balaban J connectivity index is 1.42. The smallest absolute Gasteiger partial charge is 0.262 e. The Kier molecular flexibility index (Phi) is 4.84. The molecule has 2 aromatic heterocycles. The molecule has 1 aliphatic rings. The molecular weight excluding hydrogens is 346 g/mol. The van der Waals surface area contributed by atoms with E-state index < -0.39 is 0 Å². The second-order valence-electron chi connectivity index (χ2n) is 6.71. The van der Waals surface area contributed by atoms with Crippen LogP contribution in [0.2, 0.25) is 0 Å². The number of hydrogen-bond acceptors (Lipinski definition) is 4. The van der Waals surface area contributed by atoms with E-state index in [-0.39, 0.29) is 17.5 Å². The Bertz CT molecular complexity index is 964. The van der Waals surface area contributed by atoms with Crippen LogP contribution in [0.5, 0.6) is 0 Å². The number of thiophene rings is 1. The molecule has 6 heteroatoms. The molecule has 1 aromatic carbocycles. The second-order valence-corrected chi connectivity index (χ2v) is 7.60. The molecular formula is C20H21N3O2S. The summed E-state index contributed by atoms with van der Waals surface area (Å²) in [6.45, 7) is 1.19. The van der Waals surface area contributed by atoms with Gasteiger partial charge in [-0.2, -0.15) is 0 Å². The molecule has 5 nitrogen and oxygen atoms in total. The van der Waals surface area contributed by atoms with E-state index in [1.165, 1.54) is 16.9 Å². The summed E-state index contributed by atoms with van der Waals surface area (Å²) in [7, 11) is 0. The average Bonchev–Trinajstić information content (AvgIpc) is 3.31. The topological polar surface area (TPSA) is 55.2 Å². The lowest BCUT2D eigenvalue weighted by atomic mass is 10.0. The van der Waals surface area contributed by atoms with Crippen LogP contribution in [0.3, 0.4) is 0 Å². The Morgan fingerprint density at radius 2 is 2.08 bits per heavy atom. The van der Waals surface area contributed by atoms with Crippen molar-refractivity contribution in [1.82, 2.24) is 14.5 Å². The molecule has 4 rings (SSSR count). The van der Waals surface area contributed by atoms with Crippen molar-refractivity contribution < 1.29 is 4.79 Å². The molecule has 0 bridgehead atoms. The monoisotopic (exact) mass is 367 g/mol. The number of rotatable bonds is 5. The van der Waals surface area contributed by atoms with E-state index in [2.05, 4.69) is 17.1 Å². The van der Waals surface area contributed by atoms with E-state index >= 15 is 0 Å². The Labute approximate surface area is 155 Å². The first-order valence-corrected chi connectivity index (χ1v) is 9.86. The van der Waals surface area contributed by atoms with E-state index in [1.807, 2.05) is 28.5 Å². The fraction of sp³-hybridized carbons (Fsp3) is 0.350. The maximum absolute atomic E-state index is 12.7. The van der Waals surface area contributed by atoms with Crippen molar-refractivity contribution in [2.45, 2.75) is 38.3 Å². The molecule has 0 radical (unpaired) electrons. The van der Waals surface area contributed by atoms with E-state index in [9.17, 15) is 9.59 Å². The number of aromatic nitrogens is 2. The summed E-state index contributed by atoms with van der Waals surface area (Å²) >= 11 is 1.46. The van der Waals surface area contributed by atoms with Crippen molar-refractivity contribution in [3.8, 4) is 0 Å². The minimum absolute atomic E-state index is 0.0636. The van der Waals surface area contributed by atoms with Crippen LogP contribution in [-0.4, -0.2) is 32.9 Å². The van der Waals surface area contributed by atoms with Crippen LogP contribution < -0.4 is 5.56 Å². The lowest BCUT2D eigenvalue weighted by molar-refractivity contribution is -0.132. The van der Waals surface area contributed by atoms with Crippen LogP contribution in [0.1, 0.15) is 24.8 Å². The van der Waals surface area contributed by atoms with Crippen molar-refractivity contribution in [3.05, 3.63) is 64.0 Å². The molecule has 1 aliphatic heterocycles. The van der Waals surface area contributed by atoms with Crippen LogP contribution >= 0.6 is 11.3 Å². The minimum atomic E-state index is -0.0636. The lowest BCUT2D eigenvalue weighted by Crippen LogP contribution is -2.37. The minimum Gasteiger partial charge on any atom is -0.339 e. The largest absolute Gasteiger partial charge is 0.339 e. The molecule has 0 aliphatic carbocycles. The molecule has 134 valence electrons. The van der Waals surface area contributed by atoms with Crippen molar-refractivity contribution in [2.24, 2.45) is 0 Å². The summed E-state index contributed by atoms with van der Waals surface area (Å²) in [6.07, 6.45) is 4.88. The van der Waals surface area contributed by atoms with Gasteiger partial charge in [0.25, 0.3) is 5.56 Å². The second kappa shape index (κ2) is 7.41. The van der Waals surface area contributed by atoms with Crippen LogP contribution in [0.4, 0.5) is 0 Å². The summed E-state index contributed by atoms with van der Waals surface area (Å²) in [5.74, 6) is 0.126. The summed E-state index contributed by atoms with van der Waals surface area (Å²) in [5.41, 5.74) is 1.20. The normalized spacial score (nSPS) is 17.1. The third kappa shape index (κ3) is 3.42. The number of aryl methyl sites for hydroxylation is 1. The highest BCUT2D eigenvalue weighted by Gasteiger charge is 2.28. The maximum Gasteiger partial charge on any atom is 0.262 e. The highest BCUT2D eigenvalue weighted by atomic mass is 32.1. The molecule has 1 saturated heterocycles. The van der Waals surface area contributed by atoms with Crippen LogP contribution in [-0.2, 0) is 17.8 Å². The fourth-order valence-electron chi connectivity index (χ4n) is 3.67. The molecule has 3 aromatic rings. The first-order chi connectivity index (χ1) is 12.7. The summed E-state index contributed by atoms with van der Waals surface area (Å²) in [4.78, 5) is 32.2. The number of amides is 1. The Morgan fingerprint density at radius 3 is 2.92 bits per heavy atom. The number of hydrogen-bond donors (Lipinski definition) is 0. The van der Waals surface area contributed by atoms with Gasteiger partial charge in [0, 0.05) is 25.6 Å². The van der Waals surface area contributed by atoms with Gasteiger partial charge in [-0.25, -0.2) is 4.98 Å². The average molecular weight is 367 g/mol. The van der Waals surface area contributed by atoms with Gasteiger partial charge < -0.3 is 4.90 Å². The quantitative estimate of drug-likeness (QED) is 0.696. The summed E-state index contributed by atoms with van der Waals surface area (Å²) in [5, 5.41) is 2.50. The molecule has 1 fully saturated rings. The van der Waals surface area contributed by atoms with E-state index in [1.54, 1.807) is 17.0 Å². The zero-order valence-corrected chi connectivity index (χ0v) is 15.3. The van der Waals surface area contributed by atoms with Crippen molar-refractivity contribution in [3.63, 3.8) is 0 Å². The SMILES string of the molecule is O=C(CCn1cnc2sccc2c1=O)N1CCC[C@H]1Cc1ccccc1. The van der Waals surface area contributed by atoms with Crippen molar-refractivity contribution >= 4 is 27.5 Å². The number of carbonyl (C=O) groups is 1. The van der Waals surface area contributed by atoms with Crippen molar-refractivity contribution in [2.75, 3.05) is 6.54 Å². The van der Waals surface area contributed by atoms with Gasteiger partial charge >= 0.3 is 0 Å². The maximum atomic E-state index is 12.7. The highest BCUT2D eigenvalue weighted by Crippen LogP contribution is 2.22. The number of benzene rings is 1. The zero-order chi connectivity index (χ0) is 17.9. The highest BCUT2D eigenvalue weighted by molar-refractivity contribution is 7.16. The van der Waals surface area contributed by atoms with E-state index in [0.717, 1.165) is 30.6 Å². The number of carbonyl (C=O) groups excluding carboxylic acids is 1. The van der Waals surface area contributed by atoms with Gasteiger partial charge in [0.1, 0.15) is 4.83 Å². The first-order valence-electron chi connectivity index (χ1n) is 8.98. The van der Waals surface area contributed by atoms with Gasteiger partial charge in [-0.15, -0.1) is 11.3 Å². The number of likely N-dealkylation sites (tertiary alicyclic amines) is 1. The zero-order valence-electron chi connectivity index (χ0n) is 14.5. The van der Waals surface area contributed by atoms with Gasteiger partial charge in [0.05, 0.1) is 11.7 Å². The molecule has 1 atom stereocenters. The lowest BCUT2D eigenvalue weighted by Gasteiger charge is -2.25. The Hall–Kier alpha value is -2.47. The Morgan fingerprint density at radius 1 is 1.23 bits per heavy atom. The predicted octanol–water partition coefficient (Wildman–Crippen LogP) is 3.08. The van der Waals surface area contributed by atoms with Gasteiger partial charge in [-0.3, -0.25) is 14.2 Å². The molecule has 26 heavy (non-hydrogen) atoms. The molecule has 0 saturated carbocycles. The number of nitrogens with zero attached hydrogens (tertiary/aromatic N) is 3. The van der Waals surface area contributed by atoms with Crippen molar-refractivity contribution in [1.29, 1.82) is 0 Å².